The number of amides is 1. The Bertz CT molecular complexity index is 381. The van der Waals surface area contributed by atoms with Gasteiger partial charge >= 0.3 is 0 Å². The monoisotopic (exact) mass is 237 g/mol. The number of likely N-dealkylation sites (tertiary alicyclic amines) is 1. The maximum Gasteiger partial charge on any atom is 0.247 e. The van der Waals surface area contributed by atoms with Crippen LogP contribution < -0.4 is 5.73 Å². The maximum absolute atomic E-state index is 12.3. The molecule has 1 fully saturated rings. The number of hydrogen-bond donors (Lipinski definition) is 1. The molecular formula is C11H19N5O. The van der Waals surface area contributed by atoms with Gasteiger partial charge in [-0.2, -0.15) is 0 Å². The van der Waals surface area contributed by atoms with Crippen molar-refractivity contribution in [2.45, 2.75) is 38.6 Å². The highest BCUT2D eigenvalue weighted by Crippen LogP contribution is 2.15. The second-order valence-corrected chi connectivity index (χ2v) is 4.50. The number of nitrogen functional groups attached to an aromatic ring is 1. The molecule has 6 nitrogen and oxygen atoms in total. The van der Waals surface area contributed by atoms with E-state index in [-0.39, 0.29) is 17.9 Å². The number of anilines is 1. The summed E-state index contributed by atoms with van der Waals surface area (Å²) in [7, 11) is 0. The minimum atomic E-state index is -0.321. The zero-order valence-electron chi connectivity index (χ0n) is 10.2. The molecule has 1 saturated heterocycles. The maximum atomic E-state index is 12.3. The Hall–Kier alpha value is -1.59. The number of hydrogen-bond acceptors (Lipinski definition) is 4. The van der Waals surface area contributed by atoms with E-state index in [9.17, 15) is 4.79 Å². The summed E-state index contributed by atoms with van der Waals surface area (Å²) in [5, 5.41) is 3.99. The Morgan fingerprint density at radius 1 is 1.35 bits per heavy atom. The van der Waals surface area contributed by atoms with Crippen molar-refractivity contribution >= 4 is 11.9 Å². The molecule has 0 radical (unpaired) electrons. The van der Waals surface area contributed by atoms with Gasteiger partial charge in [-0.15, -0.1) is 5.10 Å². The summed E-state index contributed by atoms with van der Waals surface area (Å²) in [6.45, 7) is 3.54. The van der Waals surface area contributed by atoms with Crippen molar-refractivity contribution in [3.05, 3.63) is 6.33 Å². The lowest BCUT2D eigenvalue weighted by Crippen LogP contribution is -2.37. The van der Waals surface area contributed by atoms with Crippen LogP contribution >= 0.6 is 0 Å². The van der Waals surface area contributed by atoms with E-state index in [0.29, 0.717) is 0 Å². The minimum absolute atomic E-state index is 0.108. The summed E-state index contributed by atoms with van der Waals surface area (Å²) in [6, 6.07) is -0.321. The first kappa shape index (κ1) is 11.9. The van der Waals surface area contributed by atoms with Crippen LogP contribution in [0.1, 0.15) is 38.6 Å². The first-order chi connectivity index (χ1) is 8.18. The highest BCUT2D eigenvalue weighted by Gasteiger charge is 2.23. The Morgan fingerprint density at radius 2 is 2.00 bits per heavy atom. The summed E-state index contributed by atoms with van der Waals surface area (Å²) in [6.07, 6.45) is 6.13. The standard InChI is InChI=1S/C11H19N5O/c1-9(16-8-13-11(12)14-16)10(17)15-6-4-2-3-5-7-15/h8-9H,2-7H2,1H3,(H2,12,14). The fourth-order valence-corrected chi connectivity index (χ4v) is 2.14. The molecule has 94 valence electrons. The Morgan fingerprint density at radius 3 is 2.53 bits per heavy atom. The highest BCUT2D eigenvalue weighted by atomic mass is 16.2. The lowest BCUT2D eigenvalue weighted by atomic mass is 10.2. The van der Waals surface area contributed by atoms with Crippen LogP contribution in [-0.2, 0) is 4.79 Å². The van der Waals surface area contributed by atoms with E-state index in [1.165, 1.54) is 23.9 Å². The molecule has 2 heterocycles. The second-order valence-electron chi connectivity index (χ2n) is 4.50. The van der Waals surface area contributed by atoms with Gasteiger partial charge < -0.3 is 10.6 Å². The van der Waals surface area contributed by atoms with Crippen LogP contribution in [0.2, 0.25) is 0 Å². The Kier molecular flexibility index (Phi) is 3.61. The van der Waals surface area contributed by atoms with Gasteiger partial charge in [0.1, 0.15) is 12.4 Å². The molecule has 1 aromatic rings. The molecule has 1 unspecified atom stereocenters. The van der Waals surface area contributed by atoms with Gasteiger partial charge in [-0.25, -0.2) is 9.67 Å². The van der Waals surface area contributed by atoms with Gasteiger partial charge in [0, 0.05) is 13.1 Å². The quantitative estimate of drug-likeness (QED) is 0.826. The highest BCUT2D eigenvalue weighted by molar-refractivity contribution is 5.80. The van der Waals surface area contributed by atoms with Crippen LogP contribution in [0.15, 0.2) is 6.33 Å². The van der Waals surface area contributed by atoms with E-state index in [0.717, 1.165) is 25.9 Å². The lowest BCUT2D eigenvalue weighted by Gasteiger charge is -2.23. The number of carbonyl (C=O) groups excluding carboxylic acids is 1. The van der Waals surface area contributed by atoms with E-state index in [2.05, 4.69) is 10.1 Å². The van der Waals surface area contributed by atoms with Crippen LogP contribution in [0.25, 0.3) is 0 Å². The van der Waals surface area contributed by atoms with Gasteiger partial charge in [0.15, 0.2) is 0 Å². The van der Waals surface area contributed by atoms with Crippen molar-refractivity contribution in [3.8, 4) is 0 Å². The lowest BCUT2D eigenvalue weighted by molar-refractivity contribution is -0.134. The third-order valence-electron chi connectivity index (χ3n) is 3.20. The first-order valence-electron chi connectivity index (χ1n) is 6.14. The van der Waals surface area contributed by atoms with E-state index < -0.39 is 0 Å². The molecule has 0 aliphatic carbocycles. The second kappa shape index (κ2) is 5.16. The molecule has 0 saturated carbocycles. The number of nitrogens with zero attached hydrogens (tertiary/aromatic N) is 4. The number of aromatic nitrogens is 3. The van der Waals surface area contributed by atoms with Gasteiger partial charge in [-0.05, 0) is 19.8 Å². The van der Waals surface area contributed by atoms with E-state index in [4.69, 9.17) is 5.73 Å². The third-order valence-corrected chi connectivity index (χ3v) is 3.20. The van der Waals surface area contributed by atoms with Crippen molar-refractivity contribution in [2.24, 2.45) is 0 Å². The third kappa shape index (κ3) is 2.75. The van der Waals surface area contributed by atoms with Gasteiger partial charge in [-0.1, -0.05) is 12.8 Å². The summed E-state index contributed by atoms with van der Waals surface area (Å²) in [5.74, 6) is 0.317. The van der Waals surface area contributed by atoms with Crippen molar-refractivity contribution < 1.29 is 4.79 Å². The van der Waals surface area contributed by atoms with Gasteiger partial charge in [-0.3, -0.25) is 4.79 Å². The summed E-state index contributed by atoms with van der Waals surface area (Å²) in [4.78, 5) is 18.0. The predicted molar refractivity (Wildman–Crippen MR) is 64.2 cm³/mol. The molecule has 2 rings (SSSR count). The van der Waals surface area contributed by atoms with E-state index in [1.807, 2.05) is 11.8 Å². The largest absolute Gasteiger partial charge is 0.367 e. The molecule has 2 N–H and O–H groups in total. The number of carbonyl (C=O) groups is 1. The summed E-state index contributed by atoms with van der Waals surface area (Å²) in [5.41, 5.74) is 5.45. The average Bonchev–Trinajstić information content (AvgIpc) is 2.60. The topological polar surface area (TPSA) is 77.0 Å². The van der Waals surface area contributed by atoms with Gasteiger partial charge in [0.2, 0.25) is 11.9 Å². The zero-order chi connectivity index (χ0) is 12.3. The van der Waals surface area contributed by atoms with Crippen LogP contribution in [-0.4, -0.2) is 38.7 Å². The first-order valence-corrected chi connectivity index (χ1v) is 6.14. The van der Waals surface area contributed by atoms with Crippen molar-refractivity contribution in [1.29, 1.82) is 0 Å². The molecule has 0 spiro atoms. The fourth-order valence-electron chi connectivity index (χ4n) is 2.14. The normalized spacial score (nSPS) is 18.8. The van der Waals surface area contributed by atoms with Crippen LogP contribution in [0.4, 0.5) is 5.95 Å². The van der Waals surface area contributed by atoms with Crippen molar-refractivity contribution in [1.82, 2.24) is 19.7 Å². The van der Waals surface area contributed by atoms with Crippen LogP contribution in [0.5, 0.6) is 0 Å². The van der Waals surface area contributed by atoms with Crippen molar-refractivity contribution in [3.63, 3.8) is 0 Å². The minimum Gasteiger partial charge on any atom is -0.367 e. The average molecular weight is 237 g/mol. The molecule has 0 bridgehead atoms. The molecule has 1 amide bonds. The fraction of sp³-hybridized carbons (Fsp3) is 0.727. The molecule has 17 heavy (non-hydrogen) atoms. The molecule has 1 atom stereocenters. The summed E-state index contributed by atoms with van der Waals surface area (Å²) >= 11 is 0. The Balaban J connectivity index is 2.03. The molecule has 6 heteroatoms. The number of nitrogens with two attached hydrogens (primary N) is 1. The van der Waals surface area contributed by atoms with Crippen molar-refractivity contribution in [2.75, 3.05) is 18.8 Å². The smallest absolute Gasteiger partial charge is 0.247 e. The summed E-state index contributed by atoms with van der Waals surface area (Å²) < 4.78 is 1.53. The van der Waals surface area contributed by atoms with Crippen LogP contribution in [0.3, 0.4) is 0 Å². The SMILES string of the molecule is CC(C(=O)N1CCCCCC1)n1cnc(N)n1. The van der Waals surface area contributed by atoms with E-state index >= 15 is 0 Å². The predicted octanol–water partition coefficient (Wildman–Crippen LogP) is 0.824. The molecular weight excluding hydrogens is 218 g/mol. The van der Waals surface area contributed by atoms with Gasteiger partial charge in [0.25, 0.3) is 0 Å². The molecule has 1 aliphatic heterocycles. The van der Waals surface area contributed by atoms with Crippen LogP contribution in [0, 0.1) is 0 Å². The zero-order valence-corrected chi connectivity index (χ0v) is 10.2. The Labute approximate surface area is 101 Å². The molecule has 0 aromatic carbocycles. The van der Waals surface area contributed by atoms with E-state index in [1.54, 1.807) is 0 Å². The molecule has 1 aliphatic rings. The van der Waals surface area contributed by atoms with Gasteiger partial charge in [0.05, 0.1) is 0 Å². The number of rotatable bonds is 2. The molecule has 1 aromatic heterocycles.